The number of carbonyl (C=O) groups is 2. The lowest BCUT2D eigenvalue weighted by Gasteiger charge is -2.33. The summed E-state index contributed by atoms with van der Waals surface area (Å²) in [5, 5.41) is 18.9. The van der Waals surface area contributed by atoms with E-state index in [9.17, 15) is 19.5 Å². The second kappa shape index (κ2) is 11.6. The molecule has 2 fully saturated rings. The maximum absolute atomic E-state index is 14.8. The van der Waals surface area contributed by atoms with Crippen molar-refractivity contribution in [3.8, 4) is 0 Å². The van der Waals surface area contributed by atoms with Crippen LogP contribution in [-0.4, -0.2) is 64.3 Å². The van der Waals surface area contributed by atoms with Crippen molar-refractivity contribution in [3.63, 3.8) is 0 Å². The monoisotopic (exact) mass is 637 g/mol. The number of hydrogen-bond donors (Lipinski definition) is 2. The van der Waals surface area contributed by atoms with Crippen LogP contribution in [0.25, 0.3) is 0 Å². The molecule has 46 heavy (non-hydrogen) atoms. The summed E-state index contributed by atoms with van der Waals surface area (Å²) >= 11 is 0. The van der Waals surface area contributed by atoms with Gasteiger partial charge in [0.2, 0.25) is 5.91 Å². The van der Waals surface area contributed by atoms with Gasteiger partial charge in [-0.2, -0.15) is 0 Å². The van der Waals surface area contributed by atoms with Gasteiger partial charge in [0.25, 0.3) is 5.91 Å². The van der Waals surface area contributed by atoms with Crippen LogP contribution in [-0.2, 0) is 26.5 Å². The van der Waals surface area contributed by atoms with Crippen LogP contribution in [0.5, 0.6) is 0 Å². The van der Waals surface area contributed by atoms with E-state index in [1.165, 1.54) is 0 Å². The molecular weight excluding hydrogens is 599 g/mol. The quantitative estimate of drug-likeness (QED) is 0.202. The summed E-state index contributed by atoms with van der Waals surface area (Å²) in [5.41, 5.74) is 2.99. The highest BCUT2D eigenvalue weighted by Gasteiger charge is 2.66. The Balaban J connectivity index is 1.23. The molecule has 238 valence electrons. The minimum atomic E-state index is -2.88. The summed E-state index contributed by atoms with van der Waals surface area (Å²) in [5.74, 6) is -0.756. The Labute approximate surface area is 269 Å². The van der Waals surface area contributed by atoms with Gasteiger partial charge in [0.15, 0.2) is 13.9 Å². The molecule has 0 bridgehead atoms. The fourth-order valence-electron chi connectivity index (χ4n) is 7.75. The van der Waals surface area contributed by atoms with E-state index in [1.54, 1.807) is 14.5 Å². The lowest BCUT2D eigenvalue weighted by molar-refractivity contribution is -0.145. The summed E-state index contributed by atoms with van der Waals surface area (Å²) < 4.78 is 8.76. The van der Waals surface area contributed by atoms with Gasteiger partial charge in [0.05, 0.1) is 30.0 Å². The molecule has 0 aliphatic carbocycles. The number of benzene rings is 3. The average Bonchev–Trinajstić information content (AvgIpc) is 3.70. The molecule has 3 aliphatic heterocycles. The molecule has 4 heterocycles. The van der Waals surface area contributed by atoms with E-state index < -0.39 is 20.0 Å². The fourth-order valence-corrected chi connectivity index (χ4v) is 10.3. The Kier molecular flexibility index (Phi) is 7.67. The molecule has 2 amide bonds. The number of hydrogen-bond acceptors (Lipinski definition) is 7. The van der Waals surface area contributed by atoms with E-state index in [4.69, 9.17) is 4.74 Å². The van der Waals surface area contributed by atoms with E-state index in [0.29, 0.717) is 31.6 Å². The number of rotatable bonds is 9. The summed E-state index contributed by atoms with van der Waals surface area (Å²) in [6.07, 6.45) is 2.43. The molecule has 11 heteroatoms. The van der Waals surface area contributed by atoms with E-state index >= 15 is 0 Å². The molecule has 1 unspecified atom stereocenters. The Morgan fingerprint density at radius 1 is 1.02 bits per heavy atom. The number of para-hydroxylation sites is 1. The minimum Gasteiger partial charge on any atom is -0.432 e. The maximum atomic E-state index is 14.8. The number of aromatic nitrogens is 3. The molecule has 10 nitrogen and oxygen atoms in total. The third-order valence-electron chi connectivity index (χ3n) is 9.99. The highest BCUT2D eigenvalue weighted by Crippen LogP contribution is 2.61. The second-order valence-electron chi connectivity index (χ2n) is 13.2. The number of aryl methyl sites for hydroxylation is 1. The van der Waals surface area contributed by atoms with Gasteiger partial charge in [0, 0.05) is 54.1 Å². The van der Waals surface area contributed by atoms with Crippen molar-refractivity contribution in [1.82, 2.24) is 15.0 Å². The molecule has 0 saturated carbocycles. The zero-order valence-corrected chi connectivity index (χ0v) is 27.3. The molecule has 1 aromatic heterocycles. The van der Waals surface area contributed by atoms with Crippen LogP contribution in [0.2, 0.25) is 18.6 Å². The lowest BCUT2D eigenvalue weighted by Crippen LogP contribution is -2.45. The van der Waals surface area contributed by atoms with Crippen molar-refractivity contribution in [2.45, 2.75) is 62.6 Å². The highest BCUT2D eigenvalue weighted by molar-refractivity contribution is 6.71. The van der Waals surface area contributed by atoms with E-state index in [1.807, 2.05) is 105 Å². The molecule has 3 aromatic carbocycles. The SMILES string of the molecule is C[C@@H]1[C@@H]([Si](C)(C)O)[C@H](CCn2cc(C(CO)c3ccccc3)nn2)O[C@@]12C(=O)N(c1ccccc1)c1ccc(N3CCC3=O)cc12. The van der Waals surface area contributed by atoms with E-state index in [-0.39, 0.29) is 35.8 Å². The van der Waals surface area contributed by atoms with Crippen LogP contribution in [0.3, 0.4) is 0 Å². The average molecular weight is 638 g/mol. The van der Waals surface area contributed by atoms with Crippen molar-refractivity contribution in [1.29, 1.82) is 0 Å². The number of aliphatic hydroxyl groups is 1. The van der Waals surface area contributed by atoms with Gasteiger partial charge in [-0.05, 0) is 55.4 Å². The Morgan fingerprint density at radius 2 is 1.74 bits per heavy atom. The van der Waals surface area contributed by atoms with Crippen molar-refractivity contribution in [2.24, 2.45) is 5.92 Å². The van der Waals surface area contributed by atoms with Gasteiger partial charge >= 0.3 is 0 Å². The third-order valence-corrected chi connectivity index (χ3v) is 12.5. The van der Waals surface area contributed by atoms with Gasteiger partial charge in [-0.25, -0.2) is 0 Å². The number of carbonyl (C=O) groups excluding carboxylic acids is 2. The summed E-state index contributed by atoms with van der Waals surface area (Å²) in [7, 11) is -2.88. The molecule has 7 rings (SSSR count). The fraction of sp³-hybridized carbons (Fsp3) is 0.371. The first-order valence-corrected chi connectivity index (χ1v) is 19.0. The molecule has 2 saturated heterocycles. The topological polar surface area (TPSA) is 121 Å². The van der Waals surface area contributed by atoms with Crippen molar-refractivity contribution < 1.29 is 24.2 Å². The predicted octanol–water partition coefficient (Wildman–Crippen LogP) is 4.71. The summed E-state index contributed by atoms with van der Waals surface area (Å²) in [4.78, 5) is 42.3. The zero-order valence-electron chi connectivity index (χ0n) is 26.3. The van der Waals surface area contributed by atoms with Gasteiger partial charge in [-0.1, -0.05) is 60.7 Å². The molecule has 5 atom stereocenters. The standard InChI is InChI=1S/C35H39N5O5Si/c1-23-33(46(2,3)44)31(16-18-38-21-29(36-37-38)27(22-41)24-10-6-4-7-11-24)45-35(23)28-20-26(39-19-17-32(39)42)14-15-30(28)40(34(35)43)25-12-8-5-9-13-25/h4-15,20-21,23,27,31,33,41,44H,16-19,22H2,1-3H3/t23-,27?,31+,33-,35+/m1/s1. The lowest BCUT2D eigenvalue weighted by atomic mass is 9.82. The summed E-state index contributed by atoms with van der Waals surface area (Å²) in [6.45, 7) is 6.85. The van der Waals surface area contributed by atoms with Crippen LogP contribution >= 0.6 is 0 Å². The number of amides is 2. The highest BCUT2D eigenvalue weighted by atomic mass is 28.4. The molecule has 2 N–H and O–H groups in total. The van der Waals surface area contributed by atoms with Gasteiger partial charge < -0.3 is 19.5 Å². The smallest absolute Gasteiger partial charge is 0.268 e. The number of aliphatic hydroxyl groups excluding tert-OH is 1. The van der Waals surface area contributed by atoms with Crippen molar-refractivity contribution >= 4 is 37.2 Å². The van der Waals surface area contributed by atoms with E-state index in [0.717, 1.165) is 28.2 Å². The minimum absolute atomic E-state index is 0.0567. The number of anilines is 3. The predicted molar refractivity (Wildman–Crippen MR) is 176 cm³/mol. The maximum Gasteiger partial charge on any atom is 0.268 e. The van der Waals surface area contributed by atoms with E-state index in [2.05, 4.69) is 10.3 Å². The van der Waals surface area contributed by atoms with Gasteiger partial charge in [-0.3, -0.25) is 19.2 Å². The number of nitrogens with zero attached hydrogens (tertiary/aromatic N) is 5. The van der Waals surface area contributed by atoms with Crippen molar-refractivity contribution in [3.05, 3.63) is 102 Å². The summed E-state index contributed by atoms with van der Waals surface area (Å²) in [6, 6.07) is 25.0. The zero-order chi connectivity index (χ0) is 32.2. The van der Waals surface area contributed by atoms with Crippen LogP contribution < -0.4 is 9.80 Å². The van der Waals surface area contributed by atoms with Crippen molar-refractivity contribution in [2.75, 3.05) is 23.0 Å². The Bertz CT molecular complexity index is 1760. The van der Waals surface area contributed by atoms with Crippen LogP contribution in [0.4, 0.5) is 17.1 Å². The molecule has 0 radical (unpaired) electrons. The van der Waals surface area contributed by atoms with Gasteiger partial charge in [0.1, 0.15) is 0 Å². The Morgan fingerprint density at radius 3 is 2.37 bits per heavy atom. The first-order chi connectivity index (χ1) is 22.1. The number of ether oxygens (including phenoxy) is 1. The van der Waals surface area contributed by atoms with Gasteiger partial charge in [-0.15, -0.1) is 5.10 Å². The number of fused-ring (bicyclic) bond motifs is 2. The Hall–Kier alpha value is -4.16. The number of β-lactam (4-membered cyclic amide) rings is 1. The van der Waals surface area contributed by atoms with Crippen LogP contribution in [0.1, 0.15) is 42.5 Å². The second-order valence-corrected chi connectivity index (χ2v) is 17.1. The van der Waals surface area contributed by atoms with Crippen LogP contribution in [0, 0.1) is 5.92 Å². The molecule has 3 aliphatic rings. The first kappa shape index (κ1) is 30.5. The molecular formula is C35H39N5O5Si. The first-order valence-electron chi connectivity index (χ1n) is 15.9. The third kappa shape index (κ3) is 4.89. The normalized spacial score (nSPS) is 24.8. The largest absolute Gasteiger partial charge is 0.432 e. The molecule has 4 aromatic rings. The molecule has 1 spiro atoms. The van der Waals surface area contributed by atoms with Crippen LogP contribution in [0.15, 0.2) is 85.1 Å².